The zero-order chi connectivity index (χ0) is 11.8. The van der Waals surface area contributed by atoms with E-state index < -0.39 is 5.60 Å². The quantitative estimate of drug-likeness (QED) is 0.720. The monoisotopic (exact) mass is 222 g/mol. The van der Waals surface area contributed by atoms with Gasteiger partial charge in [-0.3, -0.25) is 4.79 Å². The number of pyridine rings is 1. The maximum Gasteiger partial charge on any atom is 0.276 e. The summed E-state index contributed by atoms with van der Waals surface area (Å²) in [5, 5.41) is 19.3. The Morgan fingerprint density at radius 3 is 2.94 bits per heavy atom. The van der Waals surface area contributed by atoms with E-state index in [1.807, 2.05) is 0 Å². The molecule has 2 N–H and O–H groups in total. The van der Waals surface area contributed by atoms with Crippen LogP contribution in [0, 0.1) is 0 Å². The Morgan fingerprint density at radius 1 is 1.62 bits per heavy atom. The first-order chi connectivity index (χ1) is 7.49. The van der Waals surface area contributed by atoms with Gasteiger partial charge in [-0.15, -0.1) is 0 Å². The van der Waals surface area contributed by atoms with Crippen LogP contribution in [0.2, 0.25) is 0 Å². The number of hydrogen-bond acceptors (Lipinski definition) is 4. The molecular formula is C11H14N2O3. The molecule has 0 radical (unpaired) electrons. The number of β-amino-alcohol motifs (C(OH)–C–C–N with tert-alkyl or cyclic N) is 1. The van der Waals surface area contributed by atoms with Crippen LogP contribution in [0.15, 0.2) is 18.3 Å². The molecular weight excluding hydrogens is 208 g/mol. The van der Waals surface area contributed by atoms with Gasteiger partial charge in [-0.05, 0) is 25.5 Å². The predicted octanol–water partition coefficient (Wildman–Crippen LogP) is 0.384. The molecule has 1 aromatic heterocycles. The molecule has 1 aliphatic rings. The van der Waals surface area contributed by atoms with Gasteiger partial charge in [0.15, 0.2) is 5.69 Å². The molecule has 0 spiro atoms. The normalized spacial score (nSPS) is 24.8. The molecule has 5 heteroatoms. The number of aliphatic hydroxyl groups is 1. The van der Waals surface area contributed by atoms with E-state index in [9.17, 15) is 15.0 Å². The van der Waals surface area contributed by atoms with Crippen LogP contribution in [0.5, 0.6) is 5.75 Å². The van der Waals surface area contributed by atoms with Crippen LogP contribution in [0.4, 0.5) is 0 Å². The van der Waals surface area contributed by atoms with Crippen molar-refractivity contribution in [3.63, 3.8) is 0 Å². The summed E-state index contributed by atoms with van der Waals surface area (Å²) < 4.78 is 0. The van der Waals surface area contributed by atoms with Crippen LogP contribution in [-0.2, 0) is 0 Å². The molecule has 0 bridgehead atoms. The Hall–Kier alpha value is -1.62. The first kappa shape index (κ1) is 10.9. The summed E-state index contributed by atoms with van der Waals surface area (Å²) in [6.45, 7) is 2.46. The summed E-state index contributed by atoms with van der Waals surface area (Å²) in [7, 11) is 0. The van der Waals surface area contributed by atoms with E-state index in [0.29, 0.717) is 13.0 Å². The topological polar surface area (TPSA) is 73.7 Å². The van der Waals surface area contributed by atoms with Gasteiger partial charge in [-0.25, -0.2) is 4.98 Å². The van der Waals surface area contributed by atoms with Crippen molar-refractivity contribution >= 4 is 5.91 Å². The standard InChI is InChI=1S/C11H14N2O3/c1-11(16)4-6-13(7-11)10(15)9-8(14)3-2-5-12-9/h2-3,5,14,16H,4,6-7H2,1H3. The maximum absolute atomic E-state index is 11.9. The molecule has 0 aliphatic carbocycles. The van der Waals surface area contributed by atoms with Crippen molar-refractivity contribution in [3.05, 3.63) is 24.0 Å². The lowest BCUT2D eigenvalue weighted by Gasteiger charge is -2.18. The molecule has 1 fully saturated rings. The van der Waals surface area contributed by atoms with Crippen molar-refractivity contribution in [2.45, 2.75) is 18.9 Å². The van der Waals surface area contributed by atoms with Crippen molar-refractivity contribution in [2.75, 3.05) is 13.1 Å². The molecule has 2 rings (SSSR count). The number of aromatic hydroxyl groups is 1. The van der Waals surface area contributed by atoms with Crippen LogP contribution in [-0.4, -0.2) is 44.7 Å². The third kappa shape index (κ3) is 1.99. The summed E-state index contributed by atoms with van der Waals surface area (Å²) in [6.07, 6.45) is 2.01. The molecule has 0 saturated carbocycles. The van der Waals surface area contributed by atoms with Crippen molar-refractivity contribution in [2.24, 2.45) is 0 Å². The molecule has 1 unspecified atom stereocenters. The minimum atomic E-state index is -0.833. The van der Waals surface area contributed by atoms with E-state index in [0.717, 1.165) is 0 Å². The van der Waals surface area contributed by atoms with Gasteiger partial charge >= 0.3 is 0 Å². The summed E-state index contributed by atoms with van der Waals surface area (Å²) in [5.41, 5.74) is -0.791. The Balaban J connectivity index is 2.18. The van der Waals surface area contributed by atoms with E-state index in [-0.39, 0.29) is 23.9 Å². The highest BCUT2D eigenvalue weighted by molar-refractivity contribution is 5.95. The van der Waals surface area contributed by atoms with Gasteiger partial charge in [0.1, 0.15) is 5.75 Å². The van der Waals surface area contributed by atoms with Gasteiger partial charge in [-0.2, -0.15) is 0 Å². The predicted molar refractivity (Wildman–Crippen MR) is 57.0 cm³/mol. The smallest absolute Gasteiger partial charge is 0.276 e. The number of rotatable bonds is 1. The zero-order valence-corrected chi connectivity index (χ0v) is 9.05. The summed E-state index contributed by atoms with van der Waals surface area (Å²) in [6, 6.07) is 2.99. The number of carbonyl (C=O) groups is 1. The second kappa shape index (κ2) is 3.75. The Kier molecular flexibility index (Phi) is 2.55. The van der Waals surface area contributed by atoms with E-state index in [2.05, 4.69) is 4.98 Å². The first-order valence-electron chi connectivity index (χ1n) is 5.15. The summed E-state index contributed by atoms with van der Waals surface area (Å²) >= 11 is 0. The van der Waals surface area contributed by atoms with Crippen LogP contribution in [0.25, 0.3) is 0 Å². The van der Waals surface area contributed by atoms with Gasteiger partial charge in [0.05, 0.1) is 5.60 Å². The highest BCUT2D eigenvalue weighted by Crippen LogP contribution is 2.23. The summed E-state index contributed by atoms with van der Waals surface area (Å²) in [4.78, 5) is 17.3. The van der Waals surface area contributed by atoms with Gasteiger partial charge in [-0.1, -0.05) is 0 Å². The third-order valence-electron chi connectivity index (χ3n) is 2.73. The van der Waals surface area contributed by atoms with Crippen LogP contribution >= 0.6 is 0 Å². The van der Waals surface area contributed by atoms with Crippen molar-refractivity contribution in [1.29, 1.82) is 0 Å². The van der Waals surface area contributed by atoms with Crippen molar-refractivity contribution < 1.29 is 15.0 Å². The fourth-order valence-electron chi connectivity index (χ4n) is 1.83. The minimum absolute atomic E-state index is 0.0419. The Morgan fingerprint density at radius 2 is 2.38 bits per heavy atom. The summed E-state index contributed by atoms with van der Waals surface area (Å²) in [5.74, 6) is -0.463. The fraction of sp³-hybridized carbons (Fsp3) is 0.455. The number of hydrogen-bond donors (Lipinski definition) is 2. The molecule has 0 aromatic carbocycles. The van der Waals surface area contributed by atoms with Gasteiger partial charge in [0.25, 0.3) is 5.91 Å². The van der Waals surface area contributed by atoms with E-state index >= 15 is 0 Å². The minimum Gasteiger partial charge on any atom is -0.505 e. The van der Waals surface area contributed by atoms with Crippen molar-refractivity contribution in [3.8, 4) is 5.75 Å². The first-order valence-corrected chi connectivity index (χ1v) is 5.15. The maximum atomic E-state index is 11.9. The number of aromatic nitrogens is 1. The van der Waals surface area contributed by atoms with Gasteiger partial charge in [0.2, 0.25) is 0 Å². The molecule has 2 heterocycles. The molecule has 1 amide bonds. The lowest BCUT2D eigenvalue weighted by atomic mass is 10.1. The average Bonchev–Trinajstić information content (AvgIpc) is 2.59. The van der Waals surface area contributed by atoms with Gasteiger partial charge in [0, 0.05) is 19.3 Å². The third-order valence-corrected chi connectivity index (χ3v) is 2.73. The Bertz CT molecular complexity index is 417. The SMILES string of the molecule is CC1(O)CCN(C(=O)c2ncccc2O)C1. The lowest BCUT2D eigenvalue weighted by molar-refractivity contribution is 0.0567. The lowest BCUT2D eigenvalue weighted by Crippen LogP contribution is -2.34. The average molecular weight is 222 g/mol. The van der Waals surface area contributed by atoms with Gasteiger partial charge < -0.3 is 15.1 Å². The van der Waals surface area contributed by atoms with Crippen LogP contribution in [0.1, 0.15) is 23.8 Å². The number of amides is 1. The number of nitrogens with zero attached hydrogens (tertiary/aromatic N) is 2. The molecule has 1 saturated heterocycles. The van der Waals surface area contributed by atoms with Crippen molar-refractivity contribution in [1.82, 2.24) is 9.88 Å². The largest absolute Gasteiger partial charge is 0.505 e. The zero-order valence-electron chi connectivity index (χ0n) is 9.05. The van der Waals surface area contributed by atoms with Crippen LogP contribution < -0.4 is 0 Å². The molecule has 16 heavy (non-hydrogen) atoms. The molecule has 1 aromatic rings. The number of likely N-dealkylation sites (tertiary alicyclic amines) is 1. The highest BCUT2D eigenvalue weighted by atomic mass is 16.3. The molecule has 5 nitrogen and oxygen atoms in total. The second-order valence-electron chi connectivity index (χ2n) is 4.34. The molecule has 86 valence electrons. The molecule has 1 aliphatic heterocycles. The molecule has 1 atom stereocenters. The van der Waals surface area contributed by atoms with E-state index in [1.54, 1.807) is 13.0 Å². The van der Waals surface area contributed by atoms with Crippen LogP contribution in [0.3, 0.4) is 0 Å². The van der Waals surface area contributed by atoms with E-state index in [1.165, 1.54) is 17.2 Å². The fourth-order valence-corrected chi connectivity index (χ4v) is 1.83. The number of carbonyl (C=O) groups excluding carboxylic acids is 1. The van der Waals surface area contributed by atoms with E-state index in [4.69, 9.17) is 0 Å². The highest BCUT2D eigenvalue weighted by Gasteiger charge is 2.35. The Labute approximate surface area is 93.3 Å². The second-order valence-corrected chi connectivity index (χ2v) is 4.34.